The van der Waals surface area contributed by atoms with Gasteiger partial charge >= 0.3 is 5.97 Å². The third-order valence-electron chi connectivity index (χ3n) is 2.13. The van der Waals surface area contributed by atoms with Crippen LogP contribution in [0.25, 0.3) is 0 Å². The number of thioether (sulfide) groups is 1. The number of carboxylic acid groups (broad SMARTS) is 1. The van der Waals surface area contributed by atoms with Crippen molar-refractivity contribution in [3.8, 4) is 0 Å². The van der Waals surface area contributed by atoms with Gasteiger partial charge in [0.2, 0.25) is 0 Å². The summed E-state index contributed by atoms with van der Waals surface area (Å²) in [5.41, 5.74) is 5.86. The predicted molar refractivity (Wildman–Crippen MR) is 63.9 cm³/mol. The summed E-state index contributed by atoms with van der Waals surface area (Å²) in [6, 6.07) is 0. The van der Waals surface area contributed by atoms with Crippen molar-refractivity contribution in [3.05, 3.63) is 5.56 Å². The van der Waals surface area contributed by atoms with Crippen molar-refractivity contribution >= 4 is 23.5 Å². The average Bonchev–Trinajstić information content (AvgIpc) is 2.52. The Balaban J connectivity index is 2.99. The fraction of sp³-hybridized carbons (Fsp3) is 0.556. The molecule has 0 amide bonds. The molecule has 1 heterocycles. The van der Waals surface area contributed by atoms with Gasteiger partial charge in [-0.3, -0.25) is 0 Å². The van der Waals surface area contributed by atoms with Gasteiger partial charge in [-0.1, -0.05) is 0 Å². The van der Waals surface area contributed by atoms with Crippen LogP contribution in [0.2, 0.25) is 0 Å². The van der Waals surface area contributed by atoms with Crippen LogP contribution in [0, 0.1) is 0 Å². The first kappa shape index (κ1) is 12.9. The van der Waals surface area contributed by atoms with Crippen molar-refractivity contribution in [2.24, 2.45) is 0 Å². The zero-order chi connectivity index (χ0) is 12.3. The Morgan fingerprint density at radius 3 is 2.62 bits per heavy atom. The normalized spacial score (nSPS) is 11.0. The highest BCUT2D eigenvalue weighted by atomic mass is 32.2. The molecule has 0 saturated heterocycles. The zero-order valence-electron chi connectivity index (χ0n) is 9.60. The Kier molecular flexibility index (Phi) is 4.19. The highest BCUT2D eigenvalue weighted by Crippen LogP contribution is 2.24. The molecule has 0 radical (unpaired) electrons. The minimum atomic E-state index is -1.03. The van der Waals surface area contributed by atoms with Crippen LogP contribution in [0.1, 0.15) is 10.4 Å². The number of aromatic nitrogens is 2. The summed E-state index contributed by atoms with van der Waals surface area (Å²) in [5.74, 6) is -0.809. The van der Waals surface area contributed by atoms with Crippen LogP contribution in [0.3, 0.4) is 0 Å². The predicted octanol–water partition coefficient (Wildman–Crippen LogP) is 0.447. The largest absolute Gasteiger partial charge is 0.477 e. The Bertz CT molecular complexity index is 389. The number of nitrogens with zero attached hydrogens (tertiary/aromatic N) is 3. The van der Waals surface area contributed by atoms with Crippen LogP contribution in [-0.4, -0.2) is 52.7 Å². The van der Waals surface area contributed by atoms with E-state index in [-0.39, 0.29) is 11.4 Å². The third-order valence-corrected chi connectivity index (χ3v) is 2.80. The molecule has 0 bridgehead atoms. The van der Waals surface area contributed by atoms with Gasteiger partial charge in [-0.05, 0) is 20.4 Å². The highest BCUT2D eigenvalue weighted by Gasteiger charge is 2.20. The van der Waals surface area contributed by atoms with Gasteiger partial charge in [0.25, 0.3) is 0 Å². The highest BCUT2D eigenvalue weighted by molar-refractivity contribution is 7.98. The number of nitrogens with two attached hydrogens (primary N) is 1. The van der Waals surface area contributed by atoms with Gasteiger partial charge in [0, 0.05) is 6.54 Å². The molecule has 1 rings (SSSR count). The van der Waals surface area contributed by atoms with Gasteiger partial charge in [-0.25, -0.2) is 9.48 Å². The lowest BCUT2D eigenvalue weighted by molar-refractivity contribution is 0.0694. The molecular weight excluding hydrogens is 228 g/mol. The molecule has 0 spiro atoms. The summed E-state index contributed by atoms with van der Waals surface area (Å²) < 4.78 is 1.54. The van der Waals surface area contributed by atoms with Crippen molar-refractivity contribution < 1.29 is 9.90 Å². The molecule has 90 valence electrons. The second-order valence-corrected chi connectivity index (χ2v) is 4.40. The summed E-state index contributed by atoms with van der Waals surface area (Å²) in [7, 11) is 3.88. The SMILES string of the molecule is CSc1nn(CCN(C)C)c(N)c1C(=O)O. The smallest absolute Gasteiger partial charge is 0.342 e. The molecule has 0 fully saturated rings. The molecule has 0 aliphatic heterocycles. The number of hydrogen-bond acceptors (Lipinski definition) is 5. The van der Waals surface area contributed by atoms with Crippen LogP contribution in [-0.2, 0) is 6.54 Å². The van der Waals surface area contributed by atoms with Crippen molar-refractivity contribution in [1.29, 1.82) is 0 Å². The van der Waals surface area contributed by atoms with E-state index < -0.39 is 5.97 Å². The number of hydrogen-bond donors (Lipinski definition) is 2. The lowest BCUT2D eigenvalue weighted by Crippen LogP contribution is -2.20. The average molecular weight is 244 g/mol. The third kappa shape index (κ3) is 2.67. The molecule has 1 aromatic rings. The van der Waals surface area contributed by atoms with Gasteiger partial charge in [-0.2, -0.15) is 5.10 Å². The molecule has 0 saturated carbocycles. The molecule has 0 atom stereocenters. The van der Waals surface area contributed by atoms with Gasteiger partial charge in [-0.15, -0.1) is 11.8 Å². The molecule has 3 N–H and O–H groups in total. The molecule has 16 heavy (non-hydrogen) atoms. The van der Waals surface area contributed by atoms with Crippen molar-refractivity contribution in [2.45, 2.75) is 11.6 Å². The molecule has 0 unspecified atom stereocenters. The van der Waals surface area contributed by atoms with Crippen LogP contribution in [0.15, 0.2) is 5.03 Å². The molecule has 6 nitrogen and oxygen atoms in total. The van der Waals surface area contributed by atoms with E-state index in [1.54, 1.807) is 6.26 Å². The second-order valence-electron chi connectivity index (χ2n) is 3.60. The minimum Gasteiger partial charge on any atom is -0.477 e. The summed E-state index contributed by atoms with van der Waals surface area (Å²) in [4.78, 5) is 13.0. The van der Waals surface area contributed by atoms with Crippen molar-refractivity contribution in [3.63, 3.8) is 0 Å². The van der Waals surface area contributed by atoms with Crippen LogP contribution in [0.5, 0.6) is 0 Å². The maximum absolute atomic E-state index is 11.0. The summed E-state index contributed by atoms with van der Waals surface area (Å²) >= 11 is 1.29. The lowest BCUT2D eigenvalue weighted by atomic mass is 10.3. The number of carboxylic acids is 1. The van der Waals surface area contributed by atoms with Crippen molar-refractivity contribution in [2.75, 3.05) is 32.6 Å². The van der Waals surface area contributed by atoms with E-state index in [0.29, 0.717) is 11.6 Å². The molecule has 1 aromatic heterocycles. The monoisotopic (exact) mass is 244 g/mol. The molecular formula is C9H16N4O2S. The maximum Gasteiger partial charge on any atom is 0.342 e. The second kappa shape index (κ2) is 5.22. The number of anilines is 1. The molecule has 0 aliphatic rings. The van der Waals surface area contributed by atoms with E-state index in [4.69, 9.17) is 10.8 Å². The van der Waals surface area contributed by atoms with Gasteiger partial charge in [0.05, 0.1) is 6.54 Å². The van der Waals surface area contributed by atoms with E-state index in [0.717, 1.165) is 6.54 Å². The van der Waals surface area contributed by atoms with Gasteiger partial charge < -0.3 is 15.7 Å². The fourth-order valence-electron chi connectivity index (χ4n) is 1.26. The first-order valence-corrected chi connectivity index (χ1v) is 5.98. The Hall–Kier alpha value is -1.21. The molecule has 7 heteroatoms. The summed E-state index contributed by atoms with van der Waals surface area (Å²) in [6.45, 7) is 1.35. The quantitative estimate of drug-likeness (QED) is 0.731. The van der Waals surface area contributed by atoms with Crippen LogP contribution < -0.4 is 5.73 Å². The van der Waals surface area contributed by atoms with Crippen LogP contribution >= 0.6 is 11.8 Å². The lowest BCUT2D eigenvalue weighted by Gasteiger charge is -2.09. The van der Waals surface area contributed by atoms with E-state index >= 15 is 0 Å². The van der Waals surface area contributed by atoms with E-state index in [1.165, 1.54) is 16.4 Å². The molecule has 0 aliphatic carbocycles. The standard InChI is InChI=1S/C9H16N4O2S/c1-12(2)4-5-13-7(10)6(9(14)15)8(11-13)16-3/h4-5,10H2,1-3H3,(H,14,15). The zero-order valence-corrected chi connectivity index (χ0v) is 10.4. The number of likely N-dealkylation sites (N-methyl/N-ethyl adjacent to an activating group) is 1. The Morgan fingerprint density at radius 1 is 1.62 bits per heavy atom. The van der Waals surface area contributed by atoms with Crippen molar-refractivity contribution in [1.82, 2.24) is 14.7 Å². The van der Waals surface area contributed by atoms with Gasteiger partial charge in [0.15, 0.2) is 0 Å². The number of aromatic carboxylic acids is 1. The maximum atomic E-state index is 11.0. The first-order valence-electron chi connectivity index (χ1n) is 4.75. The van der Waals surface area contributed by atoms with Gasteiger partial charge in [0.1, 0.15) is 16.4 Å². The summed E-state index contributed by atoms with van der Waals surface area (Å²) in [5, 5.41) is 13.6. The fourth-order valence-corrected chi connectivity index (χ4v) is 1.84. The topological polar surface area (TPSA) is 84.4 Å². The summed E-state index contributed by atoms with van der Waals surface area (Å²) in [6.07, 6.45) is 1.78. The number of rotatable bonds is 5. The minimum absolute atomic E-state index is 0.103. The van der Waals surface area contributed by atoms with E-state index in [1.807, 2.05) is 19.0 Å². The van der Waals surface area contributed by atoms with E-state index in [2.05, 4.69) is 5.10 Å². The number of nitrogen functional groups attached to an aromatic ring is 1. The van der Waals surface area contributed by atoms with Crippen LogP contribution in [0.4, 0.5) is 5.82 Å². The Morgan fingerprint density at radius 2 is 2.25 bits per heavy atom. The molecule has 0 aromatic carbocycles. The Labute approximate surface area is 98.4 Å². The number of carbonyl (C=O) groups is 1. The van der Waals surface area contributed by atoms with E-state index in [9.17, 15) is 4.79 Å². The first-order chi connectivity index (χ1) is 7.47.